The maximum absolute atomic E-state index is 13.0. The van der Waals surface area contributed by atoms with Gasteiger partial charge in [-0.2, -0.15) is 0 Å². The Kier molecular flexibility index (Phi) is 4.77. The maximum atomic E-state index is 13.0. The Morgan fingerprint density at radius 3 is 2.41 bits per heavy atom. The molecule has 7 heteroatoms. The summed E-state index contributed by atoms with van der Waals surface area (Å²) in [6, 6.07) is 14.6. The van der Waals surface area contributed by atoms with E-state index in [0.29, 0.717) is 25.2 Å². The SMILES string of the molecule is O=C(Nc1ccccc1)[C@@H]1C[C@H]2CN(C(=O)Nc3ccc(F)cc3)C[C@H]1O2. The van der Waals surface area contributed by atoms with Gasteiger partial charge < -0.3 is 20.3 Å². The van der Waals surface area contributed by atoms with E-state index in [0.717, 1.165) is 5.69 Å². The normalized spacial score (nSPS) is 23.7. The average molecular weight is 369 g/mol. The van der Waals surface area contributed by atoms with E-state index in [-0.39, 0.29) is 35.9 Å². The summed E-state index contributed by atoms with van der Waals surface area (Å²) in [6.45, 7) is 0.773. The lowest BCUT2D eigenvalue weighted by Gasteiger charge is -2.32. The molecule has 4 rings (SSSR count). The molecule has 2 saturated heterocycles. The summed E-state index contributed by atoms with van der Waals surface area (Å²) >= 11 is 0. The van der Waals surface area contributed by atoms with Crippen molar-refractivity contribution in [3.63, 3.8) is 0 Å². The lowest BCUT2D eigenvalue weighted by molar-refractivity contribution is -0.122. The molecule has 2 heterocycles. The molecule has 0 spiro atoms. The predicted molar refractivity (Wildman–Crippen MR) is 98.8 cm³/mol. The molecule has 0 saturated carbocycles. The second kappa shape index (κ2) is 7.36. The molecule has 2 aromatic carbocycles. The number of amides is 3. The minimum absolute atomic E-state index is 0.0884. The highest BCUT2D eigenvalue weighted by molar-refractivity contribution is 5.93. The van der Waals surface area contributed by atoms with Crippen LogP contribution in [0.5, 0.6) is 0 Å². The van der Waals surface area contributed by atoms with Crippen LogP contribution in [-0.2, 0) is 9.53 Å². The molecule has 0 aliphatic carbocycles. The number of benzene rings is 2. The molecule has 6 nitrogen and oxygen atoms in total. The lowest BCUT2D eigenvalue weighted by Crippen LogP contribution is -2.49. The third kappa shape index (κ3) is 3.93. The Morgan fingerprint density at radius 1 is 0.963 bits per heavy atom. The van der Waals surface area contributed by atoms with Crippen molar-refractivity contribution in [1.82, 2.24) is 4.90 Å². The number of nitrogens with zero attached hydrogens (tertiary/aromatic N) is 1. The molecular weight excluding hydrogens is 349 g/mol. The Labute approximate surface area is 156 Å². The van der Waals surface area contributed by atoms with Crippen molar-refractivity contribution in [2.75, 3.05) is 23.7 Å². The van der Waals surface area contributed by atoms with Gasteiger partial charge >= 0.3 is 6.03 Å². The molecule has 0 aromatic heterocycles. The highest BCUT2D eigenvalue weighted by atomic mass is 19.1. The average Bonchev–Trinajstić information content (AvgIpc) is 2.98. The molecule has 2 bridgehead atoms. The summed E-state index contributed by atoms with van der Waals surface area (Å²) in [6.07, 6.45) is 0.101. The fourth-order valence-electron chi connectivity index (χ4n) is 3.59. The number of anilines is 2. The third-order valence-electron chi connectivity index (χ3n) is 4.92. The van der Waals surface area contributed by atoms with E-state index in [1.54, 1.807) is 4.90 Å². The largest absolute Gasteiger partial charge is 0.370 e. The first-order chi connectivity index (χ1) is 13.1. The molecule has 140 valence electrons. The van der Waals surface area contributed by atoms with E-state index < -0.39 is 0 Å². The number of ether oxygens (including phenoxy) is 1. The number of para-hydroxylation sites is 1. The van der Waals surface area contributed by atoms with Gasteiger partial charge in [-0.25, -0.2) is 9.18 Å². The zero-order valence-corrected chi connectivity index (χ0v) is 14.6. The number of halogens is 1. The quantitative estimate of drug-likeness (QED) is 0.873. The van der Waals surface area contributed by atoms with E-state index in [2.05, 4.69) is 10.6 Å². The summed E-state index contributed by atoms with van der Waals surface area (Å²) in [7, 11) is 0. The lowest BCUT2D eigenvalue weighted by atomic mass is 9.99. The number of rotatable bonds is 3. The summed E-state index contributed by atoms with van der Waals surface area (Å²) < 4.78 is 18.9. The number of urea groups is 1. The Bertz CT molecular complexity index is 828. The molecule has 27 heavy (non-hydrogen) atoms. The van der Waals surface area contributed by atoms with Gasteiger partial charge in [-0.05, 0) is 42.8 Å². The molecule has 2 N–H and O–H groups in total. The second-order valence-electron chi connectivity index (χ2n) is 6.84. The van der Waals surface area contributed by atoms with E-state index in [1.165, 1.54) is 24.3 Å². The fraction of sp³-hybridized carbons (Fsp3) is 0.300. The zero-order chi connectivity index (χ0) is 18.8. The number of nitrogens with one attached hydrogen (secondary N) is 2. The number of fused-ring (bicyclic) bond motifs is 2. The smallest absolute Gasteiger partial charge is 0.322 e. The van der Waals surface area contributed by atoms with E-state index >= 15 is 0 Å². The standard InChI is InChI=1S/C20H20FN3O3/c21-13-6-8-15(9-7-13)23-20(26)24-11-16-10-17(18(12-24)27-16)19(25)22-14-4-2-1-3-5-14/h1-9,16-18H,10-12H2,(H,22,25)(H,23,26)/t16-,17+,18+/m0/s1. The van der Waals surface area contributed by atoms with Crippen LogP contribution in [0, 0.1) is 11.7 Å². The first-order valence-corrected chi connectivity index (χ1v) is 8.91. The van der Waals surface area contributed by atoms with Crippen LogP contribution in [0.3, 0.4) is 0 Å². The highest BCUT2D eigenvalue weighted by Gasteiger charge is 2.45. The van der Waals surface area contributed by atoms with Gasteiger partial charge in [0.25, 0.3) is 0 Å². The number of hydrogen-bond acceptors (Lipinski definition) is 3. The van der Waals surface area contributed by atoms with Crippen LogP contribution in [0.1, 0.15) is 6.42 Å². The van der Waals surface area contributed by atoms with E-state index in [1.807, 2.05) is 30.3 Å². The maximum Gasteiger partial charge on any atom is 0.322 e. The van der Waals surface area contributed by atoms with Crippen LogP contribution in [-0.4, -0.2) is 42.1 Å². The molecule has 0 radical (unpaired) electrons. The second-order valence-corrected chi connectivity index (χ2v) is 6.84. The number of likely N-dealkylation sites (tertiary alicyclic amines) is 1. The zero-order valence-electron chi connectivity index (χ0n) is 14.6. The molecule has 2 aromatic rings. The van der Waals surface area contributed by atoms with Gasteiger partial charge in [-0.1, -0.05) is 18.2 Å². The highest BCUT2D eigenvalue weighted by Crippen LogP contribution is 2.33. The summed E-state index contributed by atoms with van der Waals surface area (Å²) in [5.41, 5.74) is 1.27. The molecule has 2 fully saturated rings. The van der Waals surface area contributed by atoms with Crippen LogP contribution < -0.4 is 10.6 Å². The molecule has 2 aliphatic heterocycles. The topological polar surface area (TPSA) is 70.7 Å². The Hall–Kier alpha value is -2.93. The first kappa shape index (κ1) is 17.5. The Balaban J connectivity index is 1.37. The van der Waals surface area contributed by atoms with Gasteiger partial charge in [0, 0.05) is 24.5 Å². The van der Waals surface area contributed by atoms with Crippen molar-refractivity contribution >= 4 is 23.3 Å². The van der Waals surface area contributed by atoms with Crippen LogP contribution in [0.4, 0.5) is 20.6 Å². The molecular formula is C20H20FN3O3. The van der Waals surface area contributed by atoms with Crippen LogP contribution >= 0.6 is 0 Å². The molecule has 3 atom stereocenters. The third-order valence-corrected chi connectivity index (χ3v) is 4.92. The van der Waals surface area contributed by atoms with Crippen molar-refractivity contribution in [1.29, 1.82) is 0 Å². The van der Waals surface area contributed by atoms with Crippen molar-refractivity contribution in [3.8, 4) is 0 Å². The number of carbonyl (C=O) groups is 2. The molecule has 3 amide bonds. The van der Waals surface area contributed by atoms with Gasteiger partial charge in [0.2, 0.25) is 5.91 Å². The van der Waals surface area contributed by atoms with Gasteiger partial charge in [0.05, 0.1) is 18.1 Å². The van der Waals surface area contributed by atoms with Crippen LogP contribution in [0.15, 0.2) is 54.6 Å². The fourth-order valence-corrected chi connectivity index (χ4v) is 3.59. The van der Waals surface area contributed by atoms with Gasteiger partial charge in [0.1, 0.15) is 5.82 Å². The molecule has 2 aliphatic rings. The van der Waals surface area contributed by atoms with Crippen molar-refractivity contribution in [2.45, 2.75) is 18.6 Å². The first-order valence-electron chi connectivity index (χ1n) is 8.91. The summed E-state index contributed by atoms with van der Waals surface area (Å²) in [5.74, 6) is -0.738. The summed E-state index contributed by atoms with van der Waals surface area (Å²) in [5, 5.41) is 5.67. The number of morpholine rings is 1. The predicted octanol–water partition coefficient (Wildman–Crippen LogP) is 3.09. The minimum Gasteiger partial charge on any atom is -0.370 e. The van der Waals surface area contributed by atoms with Crippen molar-refractivity contribution in [2.24, 2.45) is 5.92 Å². The van der Waals surface area contributed by atoms with Crippen LogP contribution in [0.25, 0.3) is 0 Å². The van der Waals surface area contributed by atoms with Crippen molar-refractivity contribution in [3.05, 3.63) is 60.4 Å². The van der Waals surface area contributed by atoms with Gasteiger partial charge in [0.15, 0.2) is 0 Å². The Morgan fingerprint density at radius 2 is 1.67 bits per heavy atom. The monoisotopic (exact) mass is 369 g/mol. The van der Waals surface area contributed by atoms with E-state index in [9.17, 15) is 14.0 Å². The number of carbonyl (C=O) groups excluding carboxylic acids is 2. The minimum atomic E-state index is -0.357. The van der Waals surface area contributed by atoms with Crippen molar-refractivity contribution < 1.29 is 18.7 Å². The van der Waals surface area contributed by atoms with Crippen LogP contribution in [0.2, 0.25) is 0 Å². The van der Waals surface area contributed by atoms with E-state index in [4.69, 9.17) is 4.74 Å². The summed E-state index contributed by atoms with van der Waals surface area (Å²) in [4.78, 5) is 26.8. The van der Waals surface area contributed by atoms with Gasteiger partial charge in [-0.15, -0.1) is 0 Å². The number of hydrogen-bond donors (Lipinski definition) is 2. The van der Waals surface area contributed by atoms with Gasteiger partial charge in [-0.3, -0.25) is 4.79 Å². The molecule has 0 unspecified atom stereocenters.